The first-order valence-electron chi connectivity index (χ1n) is 15.5. The van der Waals surface area contributed by atoms with Gasteiger partial charge in [0.25, 0.3) is 17.7 Å². The Labute approximate surface area is 279 Å². The number of carbonyl (C=O) groups is 5. The third-order valence-corrected chi connectivity index (χ3v) is 7.67. The molecule has 246 valence electrons. The molecule has 0 spiro atoms. The first-order valence-corrected chi connectivity index (χ1v) is 15.9. The zero-order valence-corrected chi connectivity index (χ0v) is 27.5. The molecule has 0 saturated carbocycles. The van der Waals surface area contributed by atoms with Crippen molar-refractivity contribution in [3.8, 4) is 0 Å². The molecule has 0 saturated heterocycles. The molecule has 0 fully saturated rings. The zero-order chi connectivity index (χ0) is 33.9. The minimum absolute atomic E-state index is 0.0574. The summed E-state index contributed by atoms with van der Waals surface area (Å²) >= 11 is 5.16. The second kappa shape index (κ2) is 16.5. The van der Waals surface area contributed by atoms with Gasteiger partial charge >= 0.3 is 6.03 Å². The predicted molar refractivity (Wildman–Crippen MR) is 181 cm³/mol. The van der Waals surface area contributed by atoms with E-state index in [-0.39, 0.29) is 43.3 Å². The van der Waals surface area contributed by atoms with Crippen LogP contribution in [0.1, 0.15) is 66.3 Å². The van der Waals surface area contributed by atoms with Crippen molar-refractivity contribution in [2.45, 2.75) is 58.6 Å². The fraction of sp³-hybridized carbons (Fsp3) is 0.343. The lowest BCUT2D eigenvalue weighted by Gasteiger charge is -2.29. The van der Waals surface area contributed by atoms with Crippen molar-refractivity contribution in [1.29, 1.82) is 0 Å². The molecule has 2 heterocycles. The number of benzene rings is 2. The highest BCUT2D eigenvalue weighted by Crippen LogP contribution is 2.23. The largest absolute Gasteiger partial charge is 0.474 e. The van der Waals surface area contributed by atoms with E-state index >= 15 is 0 Å². The van der Waals surface area contributed by atoms with Crippen LogP contribution in [0.2, 0.25) is 0 Å². The summed E-state index contributed by atoms with van der Waals surface area (Å²) in [5.74, 6) is -1.75. The number of hydrogen-bond donors (Lipinski definition) is 2. The number of anilines is 1. The fourth-order valence-corrected chi connectivity index (χ4v) is 5.25. The van der Waals surface area contributed by atoms with Gasteiger partial charge in [-0.3, -0.25) is 34.0 Å². The van der Waals surface area contributed by atoms with Crippen molar-refractivity contribution < 1.29 is 28.7 Å². The predicted octanol–water partition coefficient (Wildman–Crippen LogP) is 5.02. The van der Waals surface area contributed by atoms with E-state index in [4.69, 9.17) is 17.0 Å². The first-order chi connectivity index (χ1) is 22.5. The molecular weight excluding hydrogens is 618 g/mol. The Hall–Kier alpha value is -4.97. The number of ether oxygens (including phenoxy) is 1. The summed E-state index contributed by atoms with van der Waals surface area (Å²) in [6, 6.07) is 17.4. The number of urea groups is 1. The summed E-state index contributed by atoms with van der Waals surface area (Å²) in [6.45, 7) is 5.59. The molecule has 1 aliphatic heterocycles. The number of fused-ring (bicyclic) bond motifs is 1. The number of rotatable bonds is 14. The Kier molecular flexibility index (Phi) is 12.3. The minimum Gasteiger partial charge on any atom is -0.474 e. The Morgan fingerprint density at radius 1 is 0.936 bits per heavy atom. The number of carbonyl (C=O) groups excluding carboxylic acids is 5. The molecule has 0 unspecified atom stereocenters. The monoisotopic (exact) mass is 657 g/mol. The second-order valence-electron chi connectivity index (χ2n) is 11.6. The van der Waals surface area contributed by atoms with Gasteiger partial charge < -0.3 is 15.4 Å². The second-order valence-corrected chi connectivity index (χ2v) is 12.2. The van der Waals surface area contributed by atoms with Crippen LogP contribution in [0.5, 0.6) is 0 Å². The van der Waals surface area contributed by atoms with Gasteiger partial charge in [-0.15, -0.1) is 0 Å². The highest BCUT2D eigenvalue weighted by atomic mass is 32.1. The lowest BCUT2D eigenvalue weighted by molar-refractivity contribution is -0.136. The van der Waals surface area contributed by atoms with E-state index in [1.807, 2.05) is 44.2 Å². The molecule has 0 radical (unpaired) electrons. The normalized spacial score (nSPS) is 13.5. The van der Waals surface area contributed by atoms with Gasteiger partial charge in [-0.05, 0) is 67.2 Å². The van der Waals surface area contributed by atoms with Crippen molar-refractivity contribution in [3.05, 3.63) is 95.8 Å². The van der Waals surface area contributed by atoms with E-state index in [9.17, 15) is 24.0 Å². The van der Waals surface area contributed by atoms with Crippen molar-refractivity contribution in [3.63, 3.8) is 0 Å². The van der Waals surface area contributed by atoms with E-state index in [0.29, 0.717) is 23.2 Å². The molecular formula is C35H39N5O6S. The van der Waals surface area contributed by atoms with Crippen LogP contribution in [-0.2, 0) is 20.7 Å². The lowest BCUT2D eigenvalue weighted by Crippen LogP contribution is -2.54. The van der Waals surface area contributed by atoms with Crippen LogP contribution in [0.4, 0.5) is 10.5 Å². The Morgan fingerprint density at radius 3 is 2.19 bits per heavy atom. The van der Waals surface area contributed by atoms with Crippen molar-refractivity contribution in [2.75, 3.05) is 18.4 Å². The molecule has 3 aromatic rings. The number of hydrogen-bond acceptors (Lipinski definition) is 8. The number of thiocarbonyl (C=S) groups is 1. The molecule has 11 nitrogen and oxygen atoms in total. The maximum atomic E-state index is 14.0. The molecule has 4 rings (SSSR count). The molecule has 1 aliphatic rings. The highest BCUT2D eigenvalue weighted by molar-refractivity contribution is 7.80. The molecule has 6 amide bonds. The number of amides is 6. The number of aromatic nitrogens is 1. The van der Waals surface area contributed by atoms with Gasteiger partial charge in [0, 0.05) is 32.6 Å². The maximum absolute atomic E-state index is 14.0. The molecule has 1 aromatic heterocycles. The fourth-order valence-electron chi connectivity index (χ4n) is 5.14. The molecule has 0 aliphatic carbocycles. The van der Waals surface area contributed by atoms with Crippen molar-refractivity contribution in [1.82, 2.24) is 20.1 Å². The van der Waals surface area contributed by atoms with Gasteiger partial charge in [0.05, 0.1) is 23.0 Å². The van der Waals surface area contributed by atoms with Crippen molar-refractivity contribution >= 4 is 52.6 Å². The van der Waals surface area contributed by atoms with Gasteiger partial charge in [0.2, 0.25) is 5.91 Å². The van der Waals surface area contributed by atoms with Crippen LogP contribution in [0.3, 0.4) is 0 Å². The van der Waals surface area contributed by atoms with Gasteiger partial charge in [-0.1, -0.05) is 56.3 Å². The smallest absolute Gasteiger partial charge is 0.324 e. The van der Waals surface area contributed by atoms with Gasteiger partial charge in [-0.2, -0.15) is 0 Å². The van der Waals surface area contributed by atoms with Gasteiger partial charge in [0.15, 0.2) is 11.2 Å². The number of nitrogens with one attached hydrogen (secondary N) is 2. The summed E-state index contributed by atoms with van der Waals surface area (Å²) in [5.41, 5.74) is 1.95. The van der Waals surface area contributed by atoms with E-state index < -0.39 is 41.8 Å². The Morgan fingerprint density at radius 2 is 1.60 bits per heavy atom. The van der Waals surface area contributed by atoms with Crippen LogP contribution in [0.15, 0.2) is 79.1 Å². The average molecular weight is 658 g/mol. The van der Waals surface area contributed by atoms with Gasteiger partial charge in [-0.25, -0.2) is 4.79 Å². The minimum atomic E-state index is -1.16. The van der Waals surface area contributed by atoms with Crippen LogP contribution >= 0.6 is 12.2 Å². The molecule has 2 N–H and O–H groups in total. The quantitative estimate of drug-likeness (QED) is 0.182. The SMILES string of the molecule is CC(=S)O[C@@H](CCCN1C(=O)c2ccccc2C1=O)C(=O)N(CCC(C)C)C(=O)N[C@@H](Cc1ccccc1)C(=O)Nc1cccnc1. The Bertz CT molecular complexity index is 1570. The van der Waals surface area contributed by atoms with Crippen LogP contribution in [0, 0.1) is 5.92 Å². The van der Waals surface area contributed by atoms with Crippen LogP contribution in [-0.4, -0.2) is 74.7 Å². The molecule has 0 bridgehead atoms. The third-order valence-electron chi connectivity index (χ3n) is 7.58. The first kappa shape index (κ1) is 34.9. The van der Waals surface area contributed by atoms with E-state index in [0.717, 1.165) is 15.4 Å². The van der Waals surface area contributed by atoms with E-state index in [2.05, 4.69) is 15.6 Å². The summed E-state index contributed by atoms with van der Waals surface area (Å²) in [4.78, 5) is 73.2. The standard InChI is InChI=1S/C35H39N5O6S/c1-23(2)17-20-40(35(45)38-29(21-25-11-5-4-6-12-25)31(41)37-26-13-9-18-36-22-26)34(44)30(46-24(3)47)16-10-19-39-32(42)27-14-7-8-15-28(27)33(39)43/h4-9,11-15,18,22-23,29-30H,10,16-17,19-21H2,1-3H3,(H,37,41)(H,38,45)/t29-,30-/m0/s1. The van der Waals surface area contributed by atoms with Crippen LogP contribution < -0.4 is 10.6 Å². The maximum Gasteiger partial charge on any atom is 0.324 e. The van der Waals surface area contributed by atoms with E-state index in [1.54, 1.807) is 42.6 Å². The summed E-state index contributed by atoms with van der Waals surface area (Å²) in [5, 5.41) is 5.65. The summed E-state index contributed by atoms with van der Waals surface area (Å²) in [7, 11) is 0. The molecule has 2 atom stereocenters. The molecule has 47 heavy (non-hydrogen) atoms. The van der Waals surface area contributed by atoms with Gasteiger partial charge in [0.1, 0.15) is 6.04 Å². The van der Waals surface area contributed by atoms with Crippen molar-refractivity contribution in [2.24, 2.45) is 5.92 Å². The van der Waals surface area contributed by atoms with Crippen LogP contribution in [0.25, 0.3) is 0 Å². The zero-order valence-electron chi connectivity index (χ0n) is 26.7. The number of nitrogens with zero attached hydrogens (tertiary/aromatic N) is 3. The summed E-state index contributed by atoms with van der Waals surface area (Å²) in [6.07, 6.45) is 2.91. The molecule has 2 aromatic carbocycles. The van der Waals surface area contributed by atoms with E-state index in [1.165, 1.54) is 13.1 Å². The summed E-state index contributed by atoms with van der Waals surface area (Å²) < 4.78 is 5.74. The topological polar surface area (TPSA) is 138 Å². The Balaban J connectivity index is 1.51. The average Bonchev–Trinajstić information content (AvgIpc) is 3.29. The highest BCUT2D eigenvalue weighted by Gasteiger charge is 2.36. The lowest BCUT2D eigenvalue weighted by atomic mass is 10.0. The number of pyridine rings is 1. The molecule has 12 heteroatoms. The third kappa shape index (κ3) is 9.52. The number of imide groups is 2.